The van der Waals surface area contributed by atoms with Crippen LogP contribution >= 0.6 is 0 Å². The molecule has 1 aliphatic heterocycles. The van der Waals surface area contributed by atoms with E-state index in [2.05, 4.69) is 0 Å². The molecule has 1 saturated heterocycles. The zero-order valence-electron chi connectivity index (χ0n) is 15.0. The van der Waals surface area contributed by atoms with Gasteiger partial charge in [0.1, 0.15) is 0 Å². The highest BCUT2D eigenvalue weighted by Gasteiger charge is 2.59. The summed E-state index contributed by atoms with van der Waals surface area (Å²) in [4.78, 5) is 12.2. The average Bonchev–Trinajstić information content (AvgIpc) is 2.69. The average molecular weight is 318 g/mol. The molecular formula is C18H27BO4. The summed E-state index contributed by atoms with van der Waals surface area (Å²) >= 11 is 0. The predicted octanol–water partition coefficient (Wildman–Crippen LogP) is 3.53. The molecule has 0 N–H and O–H groups in total. The number of ether oxygens (including phenoxy) is 1. The van der Waals surface area contributed by atoms with Gasteiger partial charge in [0.05, 0.1) is 24.2 Å². The van der Waals surface area contributed by atoms with Crippen LogP contribution in [0.15, 0.2) is 30.3 Å². The number of carbonyl (C=O) groups is 1. The molecule has 5 heteroatoms. The smallest absolute Gasteiger partial charge is 0.466 e. The second kappa shape index (κ2) is 6.29. The summed E-state index contributed by atoms with van der Waals surface area (Å²) in [5.74, 6) is -0.242. The fraction of sp³-hybridized carbons (Fsp3) is 0.611. The zero-order chi connectivity index (χ0) is 17.3. The number of carbonyl (C=O) groups excluding carboxylic acids is 1. The highest BCUT2D eigenvalue weighted by Crippen LogP contribution is 2.44. The molecule has 0 bridgehead atoms. The molecule has 126 valence electrons. The molecule has 0 radical (unpaired) electrons. The number of hydrogen-bond acceptors (Lipinski definition) is 4. The van der Waals surface area contributed by atoms with Gasteiger partial charge in [0, 0.05) is 5.31 Å². The van der Waals surface area contributed by atoms with Crippen LogP contribution in [-0.4, -0.2) is 30.9 Å². The molecule has 0 aromatic heterocycles. The number of esters is 1. The summed E-state index contributed by atoms with van der Waals surface area (Å²) in [7, 11) is -0.515. The van der Waals surface area contributed by atoms with Crippen LogP contribution < -0.4 is 0 Å². The van der Waals surface area contributed by atoms with E-state index in [1.165, 1.54) is 0 Å². The van der Waals surface area contributed by atoms with Crippen LogP contribution in [0.4, 0.5) is 0 Å². The lowest BCUT2D eigenvalue weighted by atomic mass is 9.53. The Labute approximate surface area is 139 Å². The highest BCUT2D eigenvalue weighted by molar-refractivity contribution is 6.50. The zero-order valence-corrected chi connectivity index (χ0v) is 15.0. The maximum absolute atomic E-state index is 12.2. The largest absolute Gasteiger partial charge is 0.469 e. The van der Waals surface area contributed by atoms with Gasteiger partial charge in [0.25, 0.3) is 0 Å². The van der Waals surface area contributed by atoms with Gasteiger partial charge >= 0.3 is 13.1 Å². The Balaban J connectivity index is 2.37. The minimum absolute atomic E-state index is 0.210. The second-order valence-corrected chi connectivity index (χ2v) is 7.35. The van der Waals surface area contributed by atoms with Crippen LogP contribution in [0.1, 0.15) is 53.5 Å². The number of hydrogen-bond donors (Lipinski definition) is 0. The number of rotatable bonds is 5. The molecule has 2 rings (SSSR count). The van der Waals surface area contributed by atoms with Gasteiger partial charge in [0.15, 0.2) is 0 Å². The van der Waals surface area contributed by atoms with Crippen LogP contribution in [0.25, 0.3) is 0 Å². The molecular weight excluding hydrogens is 291 g/mol. The van der Waals surface area contributed by atoms with Crippen molar-refractivity contribution < 1.29 is 18.8 Å². The lowest BCUT2D eigenvalue weighted by Crippen LogP contribution is -2.45. The van der Waals surface area contributed by atoms with E-state index in [1.54, 1.807) is 0 Å². The molecule has 1 unspecified atom stereocenters. The third kappa shape index (κ3) is 3.46. The first-order valence-corrected chi connectivity index (χ1v) is 8.19. The van der Waals surface area contributed by atoms with Crippen molar-refractivity contribution in [1.29, 1.82) is 0 Å². The lowest BCUT2D eigenvalue weighted by Gasteiger charge is -2.32. The van der Waals surface area contributed by atoms with Gasteiger partial charge in [-0.1, -0.05) is 37.3 Å². The van der Waals surface area contributed by atoms with Crippen molar-refractivity contribution in [3.63, 3.8) is 0 Å². The molecule has 1 atom stereocenters. The molecule has 4 nitrogen and oxygen atoms in total. The third-order valence-corrected chi connectivity index (χ3v) is 5.02. The van der Waals surface area contributed by atoms with Gasteiger partial charge in [-0.15, -0.1) is 0 Å². The van der Waals surface area contributed by atoms with Crippen LogP contribution in [0.5, 0.6) is 0 Å². The highest BCUT2D eigenvalue weighted by atomic mass is 16.7. The predicted molar refractivity (Wildman–Crippen MR) is 91.1 cm³/mol. The molecule has 1 aromatic carbocycles. The maximum atomic E-state index is 12.2. The lowest BCUT2D eigenvalue weighted by molar-refractivity contribution is -0.144. The molecule has 0 spiro atoms. The van der Waals surface area contributed by atoms with Gasteiger partial charge in [0.2, 0.25) is 0 Å². The minimum atomic E-state index is -0.613. The molecule has 0 aliphatic carbocycles. The summed E-state index contributed by atoms with van der Waals surface area (Å²) in [6, 6.07) is 9.89. The molecule has 1 fully saturated rings. The summed E-state index contributed by atoms with van der Waals surface area (Å²) in [5.41, 5.74) is 0.122. The van der Waals surface area contributed by atoms with Gasteiger partial charge in [-0.05, 0) is 40.2 Å². The molecule has 1 aliphatic rings. The Hall–Kier alpha value is -1.33. The van der Waals surface area contributed by atoms with Gasteiger partial charge in [-0.25, -0.2) is 0 Å². The first-order valence-electron chi connectivity index (χ1n) is 8.19. The first kappa shape index (κ1) is 18.0. The van der Waals surface area contributed by atoms with E-state index >= 15 is 0 Å². The van der Waals surface area contributed by atoms with Crippen molar-refractivity contribution in [2.45, 2.75) is 64.5 Å². The maximum Gasteiger partial charge on any atom is 0.469 e. The monoisotopic (exact) mass is 318 g/mol. The Bertz CT molecular complexity index is 539. The quantitative estimate of drug-likeness (QED) is 0.615. The van der Waals surface area contributed by atoms with Crippen molar-refractivity contribution >= 4 is 13.1 Å². The molecule has 1 heterocycles. The normalized spacial score (nSPS) is 21.7. The van der Waals surface area contributed by atoms with Crippen LogP contribution in [0, 0.1) is 0 Å². The number of benzene rings is 1. The van der Waals surface area contributed by atoms with Crippen molar-refractivity contribution in [1.82, 2.24) is 0 Å². The van der Waals surface area contributed by atoms with Crippen molar-refractivity contribution in [2.24, 2.45) is 0 Å². The van der Waals surface area contributed by atoms with E-state index in [4.69, 9.17) is 14.0 Å². The van der Waals surface area contributed by atoms with Crippen molar-refractivity contribution in [3.8, 4) is 0 Å². The van der Waals surface area contributed by atoms with Crippen LogP contribution in [0.2, 0.25) is 0 Å². The summed E-state index contributed by atoms with van der Waals surface area (Å²) < 4.78 is 17.6. The van der Waals surface area contributed by atoms with Crippen LogP contribution in [0.3, 0.4) is 0 Å². The Kier molecular flexibility index (Phi) is 4.93. The van der Waals surface area contributed by atoms with E-state index in [0.29, 0.717) is 6.61 Å². The van der Waals surface area contributed by atoms with Crippen molar-refractivity contribution in [2.75, 3.05) is 6.61 Å². The summed E-state index contributed by atoms with van der Waals surface area (Å²) in [6.45, 7) is 12.2. The van der Waals surface area contributed by atoms with E-state index in [1.807, 2.05) is 71.9 Å². The fourth-order valence-corrected chi connectivity index (χ4v) is 2.76. The summed E-state index contributed by atoms with van der Waals surface area (Å²) in [6.07, 6.45) is 0.210. The van der Waals surface area contributed by atoms with Gasteiger partial charge in [-0.2, -0.15) is 0 Å². The first-order chi connectivity index (χ1) is 10.6. The Morgan fingerprint density at radius 3 is 2.13 bits per heavy atom. The SMILES string of the molecule is CCOC(=O)CC(C)(B1OC(C)(C)C(C)(C)O1)c1ccccc1. The van der Waals surface area contributed by atoms with Crippen LogP contribution in [-0.2, 0) is 24.2 Å². The van der Waals surface area contributed by atoms with E-state index in [9.17, 15) is 4.79 Å². The Morgan fingerprint density at radius 2 is 1.65 bits per heavy atom. The molecule has 1 aromatic rings. The summed E-state index contributed by atoms with van der Waals surface area (Å²) in [5, 5.41) is -0.613. The third-order valence-electron chi connectivity index (χ3n) is 5.02. The Morgan fingerprint density at radius 1 is 1.13 bits per heavy atom. The topological polar surface area (TPSA) is 44.8 Å². The van der Waals surface area contributed by atoms with Gasteiger partial charge < -0.3 is 14.0 Å². The molecule has 0 amide bonds. The van der Waals surface area contributed by atoms with Crippen molar-refractivity contribution in [3.05, 3.63) is 35.9 Å². The standard InChI is InChI=1S/C18H27BO4/c1-7-21-15(20)13-18(6,14-11-9-8-10-12-14)19-22-16(2,3)17(4,5)23-19/h8-12H,7,13H2,1-6H3. The van der Waals surface area contributed by atoms with E-state index < -0.39 is 23.6 Å². The van der Waals surface area contributed by atoms with E-state index in [0.717, 1.165) is 5.56 Å². The fourth-order valence-electron chi connectivity index (χ4n) is 2.76. The minimum Gasteiger partial charge on any atom is -0.466 e. The molecule has 0 saturated carbocycles. The molecule has 23 heavy (non-hydrogen) atoms. The van der Waals surface area contributed by atoms with E-state index in [-0.39, 0.29) is 12.4 Å². The van der Waals surface area contributed by atoms with Gasteiger partial charge in [-0.3, -0.25) is 4.79 Å². The second-order valence-electron chi connectivity index (χ2n) is 7.35.